The summed E-state index contributed by atoms with van der Waals surface area (Å²) in [4.78, 5) is 4.72. The number of ether oxygens (including phenoxy) is 1. The quantitative estimate of drug-likeness (QED) is 0.575. The highest BCUT2D eigenvalue weighted by Crippen LogP contribution is 2.20. The van der Waals surface area contributed by atoms with Crippen LogP contribution in [-0.2, 0) is 13.0 Å². The number of rotatable bonds is 9. The molecule has 1 aromatic heterocycles. The van der Waals surface area contributed by atoms with Gasteiger partial charge in [0.2, 0.25) is 0 Å². The Bertz CT molecular complexity index is 822. The van der Waals surface area contributed by atoms with Gasteiger partial charge < -0.3 is 14.4 Å². The zero-order valence-electron chi connectivity index (χ0n) is 15.7. The molecule has 0 aliphatic heterocycles. The van der Waals surface area contributed by atoms with E-state index in [1.54, 1.807) is 0 Å². The van der Waals surface area contributed by atoms with Crippen LogP contribution < -0.4 is 4.74 Å². The van der Waals surface area contributed by atoms with Gasteiger partial charge in [-0.2, -0.15) is 0 Å². The summed E-state index contributed by atoms with van der Waals surface area (Å²) in [6.07, 6.45) is 2.45. The SMILES string of the molecule is CC(C)c1ccc(OCCCn2c(CCCO)nc3ccccc32)cc1. The van der Waals surface area contributed by atoms with Crippen molar-refractivity contribution < 1.29 is 9.84 Å². The number of fused-ring (bicyclic) bond motifs is 1. The van der Waals surface area contributed by atoms with Crippen LogP contribution in [0.25, 0.3) is 11.0 Å². The number of hydrogen-bond donors (Lipinski definition) is 1. The van der Waals surface area contributed by atoms with Crippen LogP contribution in [0.4, 0.5) is 0 Å². The first-order valence-electron chi connectivity index (χ1n) is 9.47. The van der Waals surface area contributed by atoms with Crippen molar-refractivity contribution in [1.82, 2.24) is 9.55 Å². The lowest BCUT2D eigenvalue weighted by molar-refractivity contribution is 0.285. The fraction of sp³-hybridized carbons (Fsp3) is 0.409. The number of aliphatic hydroxyl groups is 1. The summed E-state index contributed by atoms with van der Waals surface area (Å²) in [5.41, 5.74) is 3.50. The number of aromatic nitrogens is 2. The summed E-state index contributed by atoms with van der Waals surface area (Å²) in [6.45, 7) is 6.12. The number of aliphatic hydroxyl groups excluding tert-OH is 1. The number of benzene rings is 2. The van der Waals surface area contributed by atoms with Crippen LogP contribution in [0.5, 0.6) is 5.75 Å². The van der Waals surface area contributed by atoms with Crippen LogP contribution in [-0.4, -0.2) is 27.9 Å². The minimum absolute atomic E-state index is 0.193. The summed E-state index contributed by atoms with van der Waals surface area (Å²) >= 11 is 0. The topological polar surface area (TPSA) is 47.3 Å². The lowest BCUT2D eigenvalue weighted by Crippen LogP contribution is -2.08. The molecule has 26 heavy (non-hydrogen) atoms. The van der Waals surface area contributed by atoms with Crippen molar-refractivity contribution in [3.05, 3.63) is 59.9 Å². The lowest BCUT2D eigenvalue weighted by atomic mass is 10.0. The van der Waals surface area contributed by atoms with Crippen LogP contribution in [0.15, 0.2) is 48.5 Å². The predicted molar refractivity (Wildman–Crippen MR) is 106 cm³/mol. The van der Waals surface area contributed by atoms with Gasteiger partial charge >= 0.3 is 0 Å². The zero-order valence-corrected chi connectivity index (χ0v) is 15.7. The summed E-state index contributed by atoms with van der Waals surface area (Å²) in [5.74, 6) is 2.50. The second-order valence-corrected chi connectivity index (χ2v) is 6.92. The standard InChI is InChI=1S/C22H28N2O2/c1-17(2)18-10-12-19(13-11-18)26-16-6-14-24-21-8-4-3-7-20(21)23-22(24)9-5-15-25/h3-4,7-8,10-13,17,25H,5-6,9,14-16H2,1-2H3. The van der Waals surface area contributed by atoms with Gasteiger partial charge in [-0.25, -0.2) is 4.98 Å². The molecule has 0 fully saturated rings. The molecule has 1 heterocycles. The summed E-state index contributed by atoms with van der Waals surface area (Å²) in [6, 6.07) is 16.6. The first-order chi connectivity index (χ1) is 12.7. The molecule has 4 heteroatoms. The van der Waals surface area contributed by atoms with E-state index in [4.69, 9.17) is 14.8 Å². The van der Waals surface area contributed by atoms with E-state index in [2.05, 4.69) is 48.7 Å². The zero-order chi connectivity index (χ0) is 18.4. The maximum Gasteiger partial charge on any atom is 0.119 e. The minimum Gasteiger partial charge on any atom is -0.494 e. The lowest BCUT2D eigenvalue weighted by Gasteiger charge is -2.11. The second kappa shape index (κ2) is 8.86. The molecule has 0 aliphatic rings. The van der Waals surface area contributed by atoms with Crippen molar-refractivity contribution in [2.45, 2.75) is 45.6 Å². The molecule has 0 radical (unpaired) electrons. The van der Waals surface area contributed by atoms with Crippen LogP contribution in [0, 0.1) is 0 Å². The molecule has 138 valence electrons. The molecule has 0 saturated heterocycles. The molecule has 0 unspecified atom stereocenters. The van der Waals surface area contributed by atoms with Gasteiger partial charge in [-0.05, 0) is 48.6 Å². The fourth-order valence-electron chi connectivity index (χ4n) is 3.16. The van der Waals surface area contributed by atoms with E-state index in [-0.39, 0.29) is 6.61 Å². The second-order valence-electron chi connectivity index (χ2n) is 6.92. The average Bonchev–Trinajstić information content (AvgIpc) is 3.01. The number of hydrogen-bond acceptors (Lipinski definition) is 3. The molecule has 0 atom stereocenters. The Morgan fingerprint density at radius 2 is 1.81 bits per heavy atom. The van der Waals surface area contributed by atoms with E-state index in [0.717, 1.165) is 48.4 Å². The molecule has 0 saturated carbocycles. The third-order valence-corrected chi connectivity index (χ3v) is 4.63. The highest BCUT2D eigenvalue weighted by atomic mass is 16.5. The molecule has 4 nitrogen and oxygen atoms in total. The van der Waals surface area contributed by atoms with E-state index >= 15 is 0 Å². The normalized spacial score (nSPS) is 11.4. The first kappa shape index (κ1) is 18.5. The smallest absolute Gasteiger partial charge is 0.119 e. The van der Waals surface area contributed by atoms with Crippen LogP contribution >= 0.6 is 0 Å². The molecule has 0 bridgehead atoms. The minimum atomic E-state index is 0.193. The number of aryl methyl sites for hydroxylation is 2. The molecule has 0 spiro atoms. The van der Waals surface area contributed by atoms with Crippen molar-refractivity contribution in [3.63, 3.8) is 0 Å². The molecule has 2 aromatic carbocycles. The van der Waals surface area contributed by atoms with Gasteiger partial charge in [-0.15, -0.1) is 0 Å². The van der Waals surface area contributed by atoms with Crippen molar-refractivity contribution >= 4 is 11.0 Å². The number of imidazole rings is 1. The Morgan fingerprint density at radius 1 is 1.04 bits per heavy atom. The van der Waals surface area contributed by atoms with Crippen molar-refractivity contribution in [3.8, 4) is 5.75 Å². The number of para-hydroxylation sites is 2. The van der Waals surface area contributed by atoms with E-state index < -0.39 is 0 Å². The van der Waals surface area contributed by atoms with E-state index in [9.17, 15) is 0 Å². The summed E-state index contributed by atoms with van der Waals surface area (Å²) < 4.78 is 8.16. The Labute approximate surface area is 155 Å². The van der Waals surface area contributed by atoms with Gasteiger partial charge in [0.25, 0.3) is 0 Å². The fourth-order valence-corrected chi connectivity index (χ4v) is 3.16. The van der Waals surface area contributed by atoms with E-state index in [1.807, 2.05) is 18.2 Å². The van der Waals surface area contributed by atoms with Gasteiger partial charge in [0.05, 0.1) is 17.6 Å². The predicted octanol–water partition coefficient (Wildman–Crippen LogP) is 4.55. The number of nitrogens with zero attached hydrogens (tertiary/aromatic N) is 2. The van der Waals surface area contributed by atoms with Crippen molar-refractivity contribution in [1.29, 1.82) is 0 Å². The van der Waals surface area contributed by atoms with Crippen LogP contribution in [0.3, 0.4) is 0 Å². The van der Waals surface area contributed by atoms with E-state index in [1.165, 1.54) is 5.56 Å². The van der Waals surface area contributed by atoms with Gasteiger partial charge in [-0.3, -0.25) is 0 Å². The maximum atomic E-state index is 9.13. The highest BCUT2D eigenvalue weighted by Gasteiger charge is 2.10. The van der Waals surface area contributed by atoms with Gasteiger partial charge in [0, 0.05) is 19.6 Å². The van der Waals surface area contributed by atoms with Crippen molar-refractivity contribution in [2.75, 3.05) is 13.2 Å². The van der Waals surface area contributed by atoms with Crippen LogP contribution in [0.2, 0.25) is 0 Å². The Morgan fingerprint density at radius 3 is 2.54 bits per heavy atom. The summed E-state index contributed by atoms with van der Waals surface area (Å²) in [7, 11) is 0. The molecule has 0 aliphatic carbocycles. The Kier molecular flexibility index (Phi) is 6.29. The first-order valence-corrected chi connectivity index (χ1v) is 9.47. The molecular formula is C22H28N2O2. The Balaban J connectivity index is 1.60. The monoisotopic (exact) mass is 352 g/mol. The van der Waals surface area contributed by atoms with Crippen molar-refractivity contribution in [2.24, 2.45) is 0 Å². The molecule has 3 rings (SSSR count). The van der Waals surface area contributed by atoms with Gasteiger partial charge in [-0.1, -0.05) is 38.1 Å². The molecular weight excluding hydrogens is 324 g/mol. The van der Waals surface area contributed by atoms with Gasteiger partial charge in [0.15, 0.2) is 0 Å². The molecule has 1 N–H and O–H groups in total. The van der Waals surface area contributed by atoms with E-state index in [0.29, 0.717) is 12.5 Å². The Hall–Kier alpha value is -2.33. The third kappa shape index (κ3) is 4.44. The highest BCUT2D eigenvalue weighted by molar-refractivity contribution is 5.75. The third-order valence-electron chi connectivity index (χ3n) is 4.63. The van der Waals surface area contributed by atoms with Gasteiger partial charge in [0.1, 0.15) is 11.6 Å². The molecule has 3 aromatic rings. The van der Waals surface area contributed by atoms with Crippen LogP contribution in [0.1, 0.15) is 44.0 Å². The largest absolute Gasteiger partial charge is 0.494 e. The maximum absolute atomic E-state index is 9.13. The molecule has 0 amide bonds. The average molecular weight is 352 g/mol. The summed E-state index contributed by atoms with van der Waals surface area (Å²) in [5, 5.41) is 9.13.